The number of rotatable bonds is 3. The first-order chi connectivity index (χ1) is 10.6. The number of piperidine rings is 1. The third-order valence-corrected chi connectivity index (χ3v) is 4.67. The first-order valence-electron chi connectivity index (χ1n) is 7.82. The highest BCUT2D eigenvalue weighted by atomic mass is 16.5. The Morgan fingerprint density at radius 2 is 2.27 bits per heavy atom. The van der Waals surface area contributed by atoms with Crippen LogP contribution in [0.4, 0.5) is 0 Å². The van der Waals surface area contributed by atoms with Gasteiger partial charge in [-0.1, -0.05) is 0 Å². The van der Waals surface area contributed by atoms with Gasteiger partial charge in [0.25, 0.3) is 0 Å². The van der Waals surface area contributed by atoms with Crippen LogP contribution in [0.5, 0.6) is 0 Å². The molecule has 0 bridgehead atoms. The molecule has 2 saturated heterocycles. The Balaban J connectivity index is 1.63. The third kappa shape index (κ3) is 3.16. The zero-order valence-electron chi connectivity index (χ0n) is 12.8. The second kappa shape index (κ2) is 6.52. The molecule has 3 heterocycles. The van der Waals surface area contributed by atoms with Gasteiger partial charge in [0.05, 0.1) is 18.9 Å². The molecule has 1 aromatic rings. The molecule has 2 aliphatic rings. The van der Waals surface area contributed by atoms with Crippen LogP contribution < -0.4 is 5.32 Å². The number of nitrogens with one attached hydrogen (secondary N) is 1. The Morgan fingerprint density at radius 1 is 1.41 bits per heavy atom. The number of likely N-dealkylation sites (tertiary alicyclic amines) is 1. The predicted molar refractivity (Wildman–Crippen MR) is 78.8 cm³/mol. The van der Waals surface area contributed by atoms with E-state index < -0.39 is 0 Å². The summed E-state index contributed by atoms with van der Waals surface area (Å²) in [7, 11) is 0. The van der Waals surface area contributed by atoms with Crippen LogP contribution in [-0.4, -0.2) is 42.5 Å². The van der Waals surface area contributed by atoms with Crippen LogP contribution in [0.3, 0.4) is 0 Å². The van der Waals surface area contributed by atoms with E-state index in [9.17, 15) is 9.59 Å². The molecule has 0 radical (unpaired) electrons. The molecule has 0 saturated carbocycles. The number of hydrogen-bond donors (Lipinski definition) is 1. The summed E-state index contributed by atoms with van der Waals surface area (Å²) in [6.45, 7) is 3.92. The standard InChI is InChI=1S/C16H22N2O4/c1-11(19)18-6-4-15-14(10-18)13(5-8-22-15)16(20)17-9-12-3-2-7-21-12/h2-3,7,13-15H,4-6,8-10H2,1H3,(H,17,20)/t13-,14-,15-/m1/s1. The lowest BCUT2D eigenvalue weighted by Gasteiger charge is -2.44. The molecule has 1 aromatic heterocycles. The van der Waals surface area contributed by atoms with E-state index >= 15 is 0 Å². The molecule has 2 amide bonds. The monoisotopic (exact) mass is 306 g/mol. The molecule has 2 fully saturated rings. The second-order valence-electron chi connectivity index (χ2n) is 6.02. The molecule has 0 unspecified atom stereocenters. The van der Waals surface area contributed by atoms with E-state index in [1.807, 2.05) is 11.0 Å². The Labute approximate surface area is 129 Å². The molecule has 0 aliphatic carbocycles. The molecule has 6 heteroatoms. The van der Waals surface area contributed by atoms with Crippen LogP contribution in [0.1, 0.15) is 25.5 Å². The van der Waals surface area contributed by atoms with Crippen molar-refractivity contribution in [3.63, 3.8) is 0 Å². The van der Waals surface area contributed by atoms with Gasteiger partial charge in [-0.25, -0.2) is 0 Å². The average Bonchev–Trinajstić information content (AvgIpc) is 3.04. The van der Waals surface area contributed by atoms with E-state index in [-0.39, 0.29) is 29.8 Å². The summed E-state index contributed by atoms with van der Waals surface area (Å²) in [5, 5.41) is 2.94. The summed E-state index contributed by atoms with van der Waals surface area (Å²) in [6.07, 6.45) is 3.20. The Kier molecular flexibility index (Phi) is 4.47. The Morgan fingerprint density at radius 3 is 3.00 bits per heavy atom. The van der Waals surface area contributed by atoms with Crippen molar-refractivity contribution in [3.8, 4) is 0 Å². The third-order valence-electron chi connectivity index (χ3n) is 4.67. The van der Waals surface area contributed by atoms with Gasteiger partial charge in [-0.15, -0.1) is 0 Å². The summed E-state index contributed by atoms with van der Waals surface area (Å²) in [4.78, 5) is 25.9. The molecule has 0 spiro atoms. The van der Waals surface area contributed by atoms with E-state index in [4.69, 9.17) is 9.15 Å². The Hall–Kier alpha value is -1.82. The summed E-state index contributed by atoms with van der Waals surface area (Å²) in [6, 6.07) is 3.64. The SMILES string of the molecule is CC(=O)N1CC[C@H]2OCC[C@@H](C(=O)NCc3ccco3)[C@H]2C1. The summed E-state index contributed by atoms with van der Waals surface area (Å²) < 4.78 is 11.0. The highest BCUT2D eigenvalue weighted by Crippen LogP contribution is 2.33. The van der Waals surface area contributed by atoms with E-state index in [1.54, 1.807) is 19.3 Å². The summed E-state index contributed by atoms with van der Waals surface area (Å²) in [5.41, 5.74) is 0. The predicted octanol–water partition coefficient (Wildman–Crippen LogP) is 1.17. The first-order valence-corrected chi connectivity index (χ1v) is 7.82. The van der Waals surface area contributed by atoms with Gasteiger partial charge in [-0.05, 0) is 25.0 Å². The second-order valence-corrected chi connectivity index (χ2v) is 6.02. The van der Waals surface area contributed by atoms with E-state index in [0.29, 0.717) is 26.1 Å². The number of nitrogens with zero attached hydrogens (tertiary/aromatic N) is 1. The van der Waals surface area contributed by atoms with Gasteiger partial charge in [-0.2, -0.15) is 0 Å². The van der Waals surface area contributed by atoms with Crippen molar-refractivity contribution in [2.45, 2.75) is 32.4 Å². The largest absolute Gasteiger partial charge is 0.467 e. The summed E-state index contributed by atoms with van der Waals surface area (Å²) in [5.74, 6) is 0.823. The van der Waals surface area contributed by atoms with Gasteiger partial charge in [0.1, 0.15) is 5.76 Å². The molecular formula is C16H22N2O4. The fourth-order valence-corrected chi connectivity index (χ4v) is 3.44. The smallest absolute Gasteiger partial charge is 0.224 e. The fourth-order valence-electron chi connectivity index (χ4n) is 3.44. The molecule has 6 nitrogen and oxygen atoms in total. The molecule has 3 rings (SSSR count). The van der Waals surface area contributed by atoms with Gasteiger partial charge in [-0.3, -0.25) is 9.59 Å². The highest BCUT2D eigenvalue weighted by Gasteiger charge is 2.42. The number of fused-ring (bicyclic) bond motifs is 1. The molecule has 0 aromatic carbocycles. The Bertz CT molecular complexity index is 528. The average molecular weight is 306 g/mol. The molecule has 2 aliphatic heterocycles. The summed E-state index contributed by atoms with van der Waals surface area (Å²) >= 11 is 0. The fraction of sp³-hybridized carbons (Fsp3) is 0.625. The maximum atomic E-state index is 12.5. The lowest BCUT2D eigenvalue weighted by Crippen LogP contribution is -2.54. The van der Waals surface area contributed by atoms with E-state index in [0.717, 1.165) is 18.7 Å². The van der Waals surface area contributed by atoms with Crippen molar-refractivity contribution in [3.05, 3.63) is 24.2 Å². The van der Waals surface area contributed by atoms with Gasteiger partial charge in [0.2, 0.25) is 11.8 Å². The number of hydrogen-bond acceptors (Lipinski definition) is 4. The van der Waals surface area contributed by atoms with Crippen LogP contribution in [0.2, 0.25) is 0 Å². The molecule has 120 valence electrons. The van der Waals surface area contributed by atoms with E-state index in [2.05, 4.69) is 5.32 Å². The highest BCUT2D eigenvalue weighted by molar-refractivity contribution is 5.79. The zero-order valence-corrected chi connectivity index (χ0v) is 12.8. The minimum Gasteiger partial charge on any atom is -0.467 e. The minimum atomic E-state index is -0.101. The van der Waals surface area contributed by atoms with Crippen LogP contribution >= 0.6 is 0 Å². The van der Waals surface area contributed by atoms with Crippen molar-refractivity contribution in [1.29, 1.82) is 0 Å². The number of carbonyl (C=O) groups excluding carboxylic acids is 2. The van der Waals surface area contributed by atoms with Crippen LogP contribution in [0.25, 0.3) is 0 Å². The number of furan rings is 1. The topological polar surface area (TPSA) is 71.8 Å². The van der Waals surface area contributed by atoms with E-state index in [1.165, 1.54) is 0 Å². The van der Waals surface area contributed by atoms with Crippen molar-refractivity contribution in [2.75, 3.05) is 19.7 Å². The van der Waals surface area contributed by atoms with Crippen molar-refractivity contribution in [2.24, 2.45) is 11.8 Å². The van der Waals surface area contributed by atoms with Gasteiger partial charge in [0, 0.05) is 38.5 Å². The maximum Gasteiger partial charge on any atom is 0.224 e. The lowest BCUT2D eigenvalue weighted by molar-refractivity contribution is -0.149. The minimum absolute atomic E-state index is 0.0279. The van der Waals surface area contributed by atoms with Gasteiger partial charge in [0.15, 0.2) is 0 Å². The van der Waals surface area contributed by atoms with Gasteiger partial charge < -0.3 is 19.4 Å². The van der Waals surface area contributed by atoms with Crippen molar-refractivity contribution >= 4 is 11.8 Å². The zero-order chi connectivity index (χ0) is 15.5. The lowest BCUT2D eigenvalue weighted by atomic mass is 9.79. The first kappa shape index (κ1) is 15.1. The van der Waals surface area contributed by atoms with Crippen LogP contribution in [-0.2, 0) is 20.9 Å². The van der Waals surface area contributed by atoms with Crippen molar-refractivity contribution in [1.82, 2.24) is 10.2 Å². The molecule has 3 atom stereocenters. The number of ether oxygens (including phenoxy) is 1. The molecular weight excluding hydrogens is 284 g/mol. The van der Waals surface area contributed by atoms with Crippen molar-refractivity contribution < 1.29 is 18.7 Å². The van der Waals surface area contributed by atoms with Gasteiger partial charge >= 0.3 is 0 Å². The number of amides is 2. The molecule has 22 heavy (non-hydrogen) atoms. The maximum absolute atomic E-state index is 12.5. The number of carbonyl (C=O) groups is 2. The van der Waals surface area contributed by atoms with Crippen LogP contribution in [0, 0.1) is 11.8 Å². The molecule has 1 N–H and O–H groups in total. The quantitative estimate of drug-likeness (QED) is 0.910. The normalized spacial score (nSPS) is 28.0. The van der Waals surface area contributed by atoms with Crippen LogP contribution in [0.15, 0.2) is 22.8 Å².